The summed E-state index contributed by atoms with van der Waals surface area (Å²) in [5.74, 6) is 0.974. The number of rotatable bonds is 5. The lowest BCUT2D eigenvalue weighted by atomic mass is 9.84. The molecule has 0 aromatic heterocycles. The summed E-state index contributed by atoms with van der Waals surface area (Å²) in [5.41, 5.74) is 2.52. The van der Waals surface area contributed by atoms with Crippen LogP contribution in [0, 0.1) is 5.92 Å². The molecule has 0 spiro atoms. The van der Waals surface area contributed by atoms with E-state index < -0.39 is 0 Å². The summed E-state index contributed by atoms with van der Waals surface area (Å²) in [6, 6.07) is 8.33. The molecule has 0 amide bonds. The molecule has 1 aromatic rings. The third-order valence-corrected chi connectivity index (χ3v) is 3.81. The highest BCUT2D eigenvalue weighted by Gasteiger charge is 2.26. The first-order chi connectivity index (χ1) is 8.72. The van der Waals surface area contributed by atoms with Crippen LogP contribution in [0.3, 0.4) is 0 Å². The topological polar surface area (TPSA) is 29.1 Å². The molecule has 1 aliphatic heterocycles. The maximum absolute atomic E-state index is 12.4. The molecule has 1 heterocycles. The molecule has 0 saturated heterocycles. The number of fused-ring (bicyclic) bond motifs is 1. The van der Waals surface area contributed by atoms with Gasteiger partial charge in [0.15, 0.2) is 0 Å². The molecular formula is C16H23NO. The smallest absolute Gasteiger partial charge is 0.141 e. The van der Waals surface area contributed by atoms with E-state index in [1.165, 1.54) is 11.1 Å². The Hall–Kier alpha value is -1.15. The van der Waals surface area contributed by atoms with Gasteiger partial charge in [-0.25, -0.2) is 0 Å². The van der Waals surface area contributed by atoms with Gasteiger partial charge in [-0.1, -0.05) is 51.0 Å². The third kappa shape index (κ3) is 2.99. The van der Waals surface area contributed by atoms with Crippen molar-refractivity contribution in [1.29, 1.82) is 0 Å². The van der Waals surface area contributed by atoms with Crippen molar-refractivity contribution < 1.29 is 4.79 Å². The van der Waals surface area contributed by atoms with Gasteiger partial charge in [0.2, 0.25) is 0 Å². The second-order valence-electron chi connectivity index (χ2n) is 5.45. The molecule has 0 saturated carbocycles. The summed E-state index contributed by atoms with van der Waals surface area (Å²) < 4.78 is 0. The Morgan fingerprint density at radius 1 is 1.44 bits per heavy atom. The summed E-state index contributed by atoms with van der Waals surface area (Å²) >= 11 is 0. The van der Waals surface area contributed by atoms with Crippen LogP contribution in [0.4, 0.5) is 0 Å². The highest BCUT2D eigenvalue weighted by molar-refractivity contribution is 5.86. The lowest BCUT2D eigenvalue weighted by molar-refractivity contribution is -0.121. The van der Waals surface area contributed by atoms with E-state index in [9.17, 15) is 4.79 Å². The Morgan fingerprint density at radius 2 is 2.22 bits per heavy atom. The van der Waals surface area contributed by atoms with Gasteiger partial charge in [-0.3, -0.25) is 4.79 Å². The zero-order valence-corrected chi connectivity index (χ0v) is 11.4. The maximum Gasteiger partial charge on any atom is 0.141 e. The van der Waals surface area contributed by atoms with Crippen molar-refractivity contribution in [2.45, 2.75) is 45.6 Å². The minimum atomic E-state index is 0.0641. The first-order valence-corrected chi connectivity index (χ1v) is 7.03. The van der Waals surface area contributed by atoms with Crippen LogP contribution in [0.5, 0.6) is 0 Å². The van der Waals surface area contributed by atoms with E-state index in [1.807, 2.05) is 12.1 Å². The molecule has 0 bridgehead atoms. The van der Waals surface area contributed by atoms with E-state index in [1.54, 1.807) is 0 Å². The largest absolute Gasteiger partial charge is 0.312 e. The second kappa shape index (κ2) is 6.14. The Kier molecular flexibility index (Phi) is 4.54. The van der Waals surface area contributed by atoms with Gasteiger partial charge >= 0.3 is 0 Å². The Balaban J connectivity index is 2.08. The maximum atomic E-state index is 12.4. The van der Waals surface area contributed by atoms with Gasteiger partial charge < -0.3 is 5.32 Å². The minimum Gasteiger partial charge on any atom is -0.312 e. The zero-order chi connectivity index (χ0) is 13.0. The first kappa shape index (κ1) is 13.3. The number of ketones is 1. The molecule has 2 nitrogen and oxygen atoms in total. The molecule has 1 aliphatic rings. The Morgan fingerprint density at radius 3 is 3.00 bits per heavy atom. The molecule has 98 valence electrons. The fraction of sp³-hybridized carbons (Fsp3) is 0.562. The highest BCUT2D eigenvalue weighted by Crippen LogP contribution is 2.27. The van der Waals surface area contributed by atoms with Crippen LogP contribution in [-0.4, -0.2) is 12.3 Å². The van der Waals surface area contributed by atoms with Crippen molar-refractivity contribution in [3.05, 3.63) is 35.4 Å². The quantitative estimate of drug-likeness (QED) is 0.862. The van der Waals surface area contributed by atoms with Gasteiger partial charge in [0.25, 0.3) is 0 Å². The van der Waals surface area contributed by atoms with Crippen molar-refractivity contribution in [2.24, 2.45) is 5.92 Å². The fourth-order valence-corrected chi connectivity index (χ4v) is 2.86. The fourth-order valence-electron chi connectivity index (χ4n) is 2.86. The number of benzene rings is 1. The Bertz CT molecular complexity index is 413. The molecule has 18 heavy (non-hydrogen) atoms. The zero-order valence-electron chi connectivity index (χ0n) is 11.4. The number of hydrogen-bond acceptors (Lipinski definition) is 2. The van der Waals surface area contributed by atoms with Gasteiger partial charge in [-0.05, 0) is 17.0 Å². The van der Waals surface area contributed by atoms with Crippen LogP contribution in [0.15, 0.2) is 24.3 Å². The van der Waals surface area contributed by atoms with Gasteiger partial charge in [0, 0.05) is 19.5 Å². The third-order valence-electron chi connectivity index (χ3n) is 3.81. The summed E-state index contributed by atoms with van der Waals surface area (Å²) in [5, 5.41) is 3.36. The standard InChI is InChI=1S/C16H23NO/c1-3-6-12(2)9-16(18)15-11-17-10-13-7-4-5-8-14(13)15/h4-5,7-8,12,15,17H,3,6,9-11H2,1-2H3. The van der Waals surface area contributed by atoms with E-state index in [2.05, 4.69) is 31.3 Å². The minimum absolute atomic E-state index is 0.0641. The van der Waals surface area contributed by atoms with Gasteiger partial charge in [-0.15, -0.1) is 0 Å². The van der Waals surface area contributed by atoms with Crippen molar-refractivity contribution >= 4 is 5.78 Å². The number of carbonyl (C=O) groups is 1. The van der Waals surface area contributed by atoms with Gasteiger partial charge in [0.1, 0.15) is 5.78 Å². The lowest BCUT2D eigenvalue weighted by Crippen LogP contribution is -2.33. The number of hydrogen-bond donors (Lipinski definition) is 1. The molecule has 0 aliphatic carbocycles. The molecule has 2 heteroatoms. The van der Waals surface area contributed by atoms with Crippen LogP contribution >= 0.6 is 0 Å². The van der Waals surface area contributed by atoms with E-state index in [4.69, 9.17) is 0 Å². The second-order valence-corrected chi connectivity index (χ2v) is 5.45. The predicted molar refractivity (Wildman–Crippen MR) is 74.6 cm³/mol. The van der Waals surface area contributed by atoms with Crippen LogP contribution < -0.4 is 5.32 Å². The normalized spacial score (nSPS) is 20.2. The average Bonchev–Trinajstić information content (AvgIpc) is 2.38. The van der Waals surface area contributed by atoms with Gasteiger partial charge in [0.05, 0.1) is 5.92 Å². The number of carbonyl (C=O) groups excluding carboxylic acids is 1. The van der Waals surface area contributed by atoms with Crippen molar-refractivity contribution in [2.75, 3.05) is 6.54 Å². The van der Waals surface area contributed by atoms with Crippen LogP contribution in [-0.2, 0) is 11.3 Å². The van der Waals surface area contributed by atoms with E-state index in [0.29, 0.717) is 18.1 Å². The van der Waals surface area contributed by atoms with Crippen LogP contribution in [0.25, 0.3) is 0 Å². The van der Waals surface area contributed by atoms with Crippen LogP contribution in [0.1, 0.15) is 50.2 Å². The molecule has 2 rings (SSSR count). The van der Waals surface area contributed by atoms with Crippen LogP contribution in [0.2, 0.25) is 0 Å². The molecule has 2 atom stereocenters. The molecule has 2 unspecified atom stereocenters. The molecule has 1 aromatic carbocycles. The number of Topliss-reactive ketones (excluding diaryl/α,β-unsaturated/α-hetero) is 1. The summed E-state index contributed by atoms with van der Waals surface area (Å²) in [6.45, 7) is 6.06. The van der Waals surface area contributed by atoms with Crippen molar-refractivity contribution in [3.8, 4) is 0 Å². The SMILES string of the molecule is CCCC(C)CC(=O)C1CNCc2ccccc21. The molecule has 0 radical (unpaired) electrons. The summed E-state index contributed by atoms with van der Waals surface area (Å²) in [4.78, 5) is 12.4. The molecule has 0 fully saturated rings. The van der Waals surface area contributed by atoms with E-state index in [-0.39, 0.29) is 5.92 Å². The van der Waals surface area contributed by atoms with Crippen molar-refractivity contribution in [1.82, 2.24) is 5.32 Å². The monoisotopic (exact) mass is 245 g/mol. The van der Waals surface area contributed by atoms with Gasteiger partial charge in [-0.2, -0.15) is 0 Å². The van der Waals surface area contributed by atoms with E-state index >= 15 is 0 Å². The number of nitrogens with one attached hydrogen (secondary N) is 1. The van der Waals surface area contributed by atoms with Crippen molar-refractivity contribution in [3.63, 3.8) is 0 Å². The highest BCUT2D eigenvalue weighted by atomic mass is 16.1. The lowest BCUT2D eigenvalue weighted by Gasteiger charge is -2.26. The molecular weight excluding hydrogens is 222 g/mol. The first-order valence-electron chi connectivity index (χ1n) is 7.03. The Labute approximate surface area is 110 Å². The van der Waals surface area contributed by atoms with E-state index in [0.717, 1.165) is 25.9 Å². The summed E-state index contributed by atoms with van der Waals surface area (Å²) in [7, 11) is 0. The summed E-state index contributed by atoms with van der Waals surface area (Å²) in [6.07, 6.45) is 3.02. The predicted octanol–water partition coefficient (Wildman–Crippen LogP) is 3.27. The average molecular weight is 245 g/mol. The molecule has 1 N–H and O–H groups in total.